The van der Waals surface area contributed by atoms with Crippen LogP contribution in [0.25, 0.3) is 11.2 Å². The van der Waals surface area contributed by atoms with Gasteiger partial charge in [0.05, 0.1) is 23.2 Å². The number of anilines is 3. The van der Waals surface area contributed by atoms with Crippen LogP contribution in [0.2, 0.25) is 10.0 Å². The van der Waals surface area contributed by atoms with Crippen LogP contribution in [0, 0.1) is 5.92 Å². The molecular formula is C24H30Cl2N8O3S. The van der Waals surface area contributed by atoms with Crippen molar-refractivity contribution in [3.05, 3.63) is 34.4 Å². The van der Waals surface area contributed by atoms with Crippen LogP contribution in [0.4, 0.5) is 17.6 Å². The topological polar surface area (TPSA) is 148 Å². The van der Waals surface area contributed by atoms with Crippen LogP contribution >= 0.6 is 23.2 Å². The maximum atomic E-state index is 11.8. The summed E-state index contributed by atoms with van der Waals surface area (Å²) in [5, 5.41) is 7.69. The van der Waals surface area contributed by atoms with Gasteiger partial charge in [-0.25, -0.2) is 22.7 Å². The highest BCUT2D eigenvalue weighted by atomic mass is 35.5. The first kappa shape index (κ1) is 26.9. The second kappa shape index (κ2) is 10.8. The number of rotatable bonds is 7. The third kappa shape index (κ3) is 5.83. The van der Waals surface area contributed by atoms with Crippen LogP contribution in [0.1, 0.15) is 44.6 Å². The molecule has 1 amide bonds. The number of imidazole rings is 1. The SMILES string of the molecule is CS(=O)(=O)N1CCC(Nc2ncc3nc(Nc4ccc(Cl)cc4Cl)n(C4CCC(C(N)=O)CC4)c3n2)CC1. The van der Waals surface area contributed by atoms with Crippen LogP contribution in [0.5, 0.6) is 0 Å². The third-order valence-electron chi connectivity index (χ3n) is 7.33. The van der Waals surface area contributed by atoms with E-state index in [0.717, 1.165) is 12.8 Å². The molecule has 4 N–H and O–H groups in total. The molecule has 11 nitrogen and oxygen atoms in total. The van der Waals surface area contributed by atoms with Crippen molar-refractivity contribution in [3.63, 3.8) is 0 Å². The van der Waals surface area contributed by atoms with Gasteiger partial charge in [0.25, 0.3) is 0 Å². The number of carbonyl (C=O) groups is 1. The largest absolute Gasteiger partial charge is 0.369 e. The van der Waals surface area contributed by atoms with Crippen LogP contribution < -0.4 is 16.4 Å². The fraction of sp³-hybridized carbons (Fsp3) is 0.500. The van der Waals surface area contributed by atoms with Gasteiger partial charge in [0.2, 0.25) is 27.8 Å². The Morgan fingerprint density at radius 2 is 1.79 bits per heavy atom. The zero-order valence-electron chi connectivity index (χ0n) is 20.9. The quantitative estimate of drug-likeness (QED) is 0.380. The van der Waals surface area contributed by atoms with Crippen LogP contribution in [-0.4, -0.2) is 63.5 Å². The Morgan fingerprint density at radius 1 is 1.08 bits per heavy atom. The first-order valence-corrected chi connectivity index (χ1v) is 15.2. The van der Waals surface area contributed by atoms with Crippen LogP contribution in [0.15, 0.2) is 24.4 Å². The average Bonchev–Trinajstić information content (AvgIpc) is 3.22. The number of nitrogens with zero attached hydrogens (tertiary/aromatic N) is 5. The monoisotopic (exact) mass is 580 g/mol. The van der Waals surface area contributed by atoms with Crippen molar-refractivity contribution in [3.8, 4) is 0 Å². The molecule has 0 spiro atoms. The fourth-order valence-electron chi connectivity index (χ4n) is 5.24. The molecule has 1 saturated heterocycles. The lowest BCUT2D eigenvalue weighted by Gasteiger charge is -2.30. The summed E-state index contributed by atoms with van der Waals surface area (Å²) in [5.74, 6) is 0.631. The van der Waals surface area contributed by atoms with Crippen molar-refractivity contribution in [1.29, 1.82) is 0 Å². The smallest absolute Gasteiger partial charge is 0.224 e. The molecule has 1 aliphatic carbocycles. The molecule has 14 heteroatoms. The summed E-state index contributed by atoms with van der Waals surface area (Å²) >= 11 is 12.5. The Balaban J connectivity index is 1.44. The second-order valence-corrected chi connectivity index (χ2v) is 12.8. The summed E-state index contributed by atoms with van der Waals surface area (Å²) < 4.78 is 27.2. The van der Waals surface area contributed by atoms with E-state index in [1.807, 2.05) is 0 Å². The van der Waals surface area contributed by atoms with Crippen LogP contribution in [0.3, 0.4) is 0 Å². The normalized spacial score (nSPS) is 21.4. The molecular weight excluding hydrogens is 551 g/mol. The Hall–Kier alpha value is -2.67. The molecule has 3 aromatic rings. The maximum Gasteiger partial charge on any atom is 0.224 e. The number of benzene rings is 1. The van der Waals surface area contributed by atoms with Gasteiger partial charge in [0.1, 0.15) is 5.52 Å². The standard InChI is InChI=1S/C24H30Cl2N8O3S/c1-38(36,37)33-10-8-16(9-11-33)29-23-28-13-20-22(32-23)34(17-5-2-14(3-6-17)21(27)35)24(31-20)30-19-7-4-15(25)12-18(19)26/h4,7,12-14,16-17H,2-3,5-6,8-11H2,1H3,(H2,27,35)(H,30,31)(H,28,29,32). The maximum absolute atomic E-state index is 11.8. The first-order valence-electron chi connectivity index (χ1n) is 12.6. The lowest BCUT2D eigenvalue weighted by Crippen LogP contribution is -2.42. The van der Waals surface area contributed by atoms with E-state index in [-0.39, 0.29) is 23.9 Å². The Labute approximate surface area is 231 Å². The van der Waals surface area contributed by atoms with Gasteiger partial charge in [-0.15, -0.1) is 0 Å². The molecule has 0 bridgehead atoms. The number of piperidine rings is 1. The number of nitrogens with two attached hydrogens (primary N) is 1. The fourth-order valence-corrected chi connectivity index (χ4v) is 6.57. The summed E-state index contributed by atoms with van der Waals surface area (Å²) in [7, 11) is -3.20. The van der Waals surface area contributed by atoms with Crippen molar-refractivity contribution in [2.24, 2.45) is 11.7 Å². The van der Waals surface area contributed by atoms with Crippen molar-refractivity contribution in [1.82, 2.24) is 23.8 Å². The van der Waals surface area contributed by atoms with Gasteiger partial charge in [-0.3, -0.25) is 9.36 Å². The number of hydrogen-bond acceptors (Lipinski definition) is 8. The number of nitrogens with one attached hydrogen (secondary N) is 2. The van der Waals surface area contributed by atoms with E-state index in [1.54, 1.807) is 24.4 Å². The summed E-state index contributed by atoms with van der Waals surface area (Å²) in [6.45, 7) is 0.908. The van der Waals surface area contributed by atoms with Crippen LogP contribution in [-0.2, 0) is 14.8 Å². The number of amides is 1. The van der Waals surface area contributed by atoms with E-state index in [2.05, 4.69) is 20.2 Å². The van der Waals surface area contributed by atoms with Crippen molar-refractivity contribution >= 4 is 67.9 Å². The summed E-state index contributed by atoms with van der Waals surface area (Å²) in [6, 6.07) is 5.30. The highest BCUT2D eigenvalue weighted by molar-refractivity contribution is 7.88. The molecule has 38 heavy (non-hydrogen) atoms. The van der Waals surface area contributed by atoms with Gasteiger partial charge in [-0.2, -0.15) is 4.98 Å². The Kier molecular flexibility index (Phi) is 7.67. The number of primary amides is 1. The molecule has 5 rings (SSSR count). The first-order chi connectivity index (χ1) is 18.1. The number of sulfonamides is 1. The molecule has 3 heterocycles. The zero-order chi connectivity index (χ0) is 27.0. The number of hydrogen-bond donors (Lipinski definition) is 3. The van der Waals surface area contributed by atoms with Gasteiger partial charge in [-0.1, -0.05) is 23.2 Å². The van der Waals surface area contributed by atoms with E-state index in [9.17, 15) is 13.2 Å². The molecule has 2 aliphatic rings. The number of aromatic nitrogens is 4. The summed E-state index contributed by atoms with van der Waals surface area (Å²) in [5.41, 5.74) is 7.49. The number of fused-ring (bicyclic) bond motifs is 1. The van der Waals surface area contributed by atoms with Gasteiger partial charge in [-0.05, 0) is 56.7 Å². The Morgan fingerprint density at radius 3 is 2.42 bits per heavy atom. The zero-order valence-corrected chi connectivity index (χ0v) is 23.2. The average molecular weight is 582 g/mol. The summed E-state index contributed by atoms with van der Waals surface area (Å²) in [6.07, 6.45) is 7.11. The van der Waals surface area contributed by atoms with Gasteiger partial charge >= 0.3 is 0 Å². The predicted molar refractivity (Wildman–Crippen MR) is 148 cm³/mol. The molecule has 204 valence electrons. The minimum atomic E-state index is -3.20. The summed E-state index contributed by atoms with van der Waals surface area (Å²) in [4.78, 5) is 25.8. The van der Waals surface area contributed by atoms with Crippen molar-refractivity contribution < 1.29 is 13.2 Å². The third-order valence-corrected chi connectivity index (χ3v) is 9.18. The molecule has 1 aromatic carbocycles. The predicted octanol–water partition coefficient (Wildman–Crippen LogP) is 3.93. The minimum absolute atomic E-state index is 0.0462. The molecule has 2 aromatic heterocycles. The molecule has 1 aliphatic heterocycles. The highest BCUT2D eigenvalue weighted by Gasteiger charge is 2.30. The van der Waals surface area contributed by atoms with Gasteiger partial charge < -0.3 is 16.4 Å². The van der Waals surface area contributed by atoms with E-state index in [4.69, 9.17) is 38.9 Å². The Bertz CT molecular complexity index is 1450. The molecule has 0 radical (unpaired) electrons. The molecule has 1 saturated carbocycles. The number of halogens is 2. The molecule has 2 fully saturated rings. The highest BCUT2D eigenvalue weighted by Crippen LogP contribution is 2.38. The lowest BCUT2D eigenvalue weighted by atomic mass is 9.85. The van der Waals surface area contributed by atoms with Gasteiger partial charge in [0, 0.05) is 36.1 Å². The molecule has 0 atom stereocenters. The van der Waals surface area contributed by atoms with Crippen molar-refractivity contribution in [2.45, 2.75) is 50.6 Å². The van der Waals surface area contributed by atoms with E-state index >= 15 is 0 Å². The van der Waals surface area contributed by atoms with E-state index < -0.39 is 10.0 Å². The van der Waals surface area contributed by atoms with E-state index in [0.29, 0.717) is 77.6 Å². The molecule has 0 unspecified atom stereocenters. The second-order valence-electron chi connectivity index (χ2n) is 9.95. The lowest BCUT2D eigenvalue weighted by molar-refractivity contribution is -0.122. The van der Waals surface area contributed by atoms with Gasteiger partial charge in [0.15, 0.2) is 5.65 Å². The number of carbonyl (C=O) groups excluding carboxylic acids is 1. The van der Waals surface area contributed by atoms with E-state index in [1.165, 1.54) is 10.6 Å². The minimum Gasteiger partial charge on any atom is -0.369 e. The van der Waals surface area contributed by atoms with Crippen molar-refractivity contribution in [2.75, 3.05) is 30.0 Å².